The van der Waals surface area contributed by atoms with E-state index < -0.39 is 18.3 Å². The molecule has 0 aromatic carbocycles. The van der Waals surface area contributed by atoms with Gasteiger partial charge in [-0.3, -0.25) is 0 Å². The smallest absolute Gasteiger partial charge is 0.334 e. The van der Waals surface area contributed by atoms with Gasteiger partial charge in [-0.15, -0.1) is 0 Å². The molecule has 7 atom stereocenters. The molecule has 7 nitrogen and oxygen atoms in total. The highest BCUT2D eigenvalue weighted by Crippen LogP contribution is 2.28. The van der Waals surface area contributed by atoms with E-state index in [0.29, 0.717) is 30.9 Å². The van der Waals surface area contributed by atoms with Crippen LogP contribution in [0.4, 0.5) is 0 Å². The number of ether oxygens (including phenoxy) is 2. The monoisotopic (exact) mass is 596 g/mol. The van der Waals surface area contributed by atoms with Gasteiger partial charge in [-0.25, -0.2) is 4.79 Å². The van der Waals surface area contributed by atoms with Crippen LogP contribution in [0.15, 0.2) is 11.6 Å². The molecule has 246 valence electrons. The first-order chi connectivity index (χ1) is 20.3. The van der Waals surface area contributed by atoms with Crippen LogP contribution in [-0.2, 0) is 14.3 Å². The third-order valence-electron chi connectivity index (χ3n) is 9.13. The number of hydrogen-bond donors (Lipinski definition) is 4. The van der Waals surface area contributed by atoms with Crippen LogP contribution in [0, 0.1) is 0 Å². The number of esters is 1. The molecule has 0 amide bonds. The lowest BCUT2D eigenvalue weighted by atomic mass is 9.99. The van der Waals surface area contributed by atoms with Crippen molar-refractivity contribution in [1.29, 1.82) is 0 Å². The summed E-state index contributed by atoms with van der Waals surface area (Å²) < 4.78 is 11.3. The van der Waals surface area contributed by atoms with Gasteiger partial charge in [-0.1, -0.05) is 103 Å². The van der Waals surface area contributed by atoms with E-state index in [2.05, 4.69) is 6.92 Å². The van der Waals surface area contributed by atoms with Gasteiger partial charge < -0.3 is 29.9 Å². The normalized spacial score (nSPS) is 23.5. The molecule has 2 aliphatic heterocycles. The molecule has 4 N–H and O–H groups in total. The summed E-state index contributed by atoms with van der Waals surface area (Å²) in [6, 6.07) is 0. The molecule has 3 unspecified atom stereocenters. The van der Waals surface area contributed by atoms with E-state index in [-0.39, 0.29) is 24.3 Å². The molecule has 2 heterocycles. The van der Waals surface area contributed by atoms with Gasteiger partial charge in [0.1, 0.15) is 6.10 Å². The predicted octanol–water partition coefficient (Wildman–Crippen LogP) is 7.06. The fourth-order valence-electron chi connectivity index (χ4n) is 6.41. The fourth-order valence-corrected chi connectivity index (χ4v) is 6.41. The zero-order valence-electron chi connectivity index (χ0n) is 26.9. The van der Waals surface area contributed by atoms with Crippen LogP contribution in [0.2, 0.25) is 0 Å². The SMILES string of the molecule is CCCCCC(O)C(O)CCCCCC[C@H](O)[C@@H]1CCC(CCCCCCCCCC[C@H](O)CC2=C[C@H](C)OC2=O)O1. The van der Waals surface area contributed by atoms with Crippen molar-refractivity contribution in [2.75, 3.05) is 0 Å². The standard InChI is InChI=1S/C35H64O7/c1-3-4-13-20-31(37)32(38)21-16-11-12-17-22-33(39)34-24-23-30(42-34)19-15-10-8-6-5-7-9-14-18-29(36)26-28-25-27(2)41-35(28)40/h25,27,29-34,36-39H,3-24,26H2,1-2H3/t27-,29-,30?,31?,32?,33-,34-/m0/s1. The van der Waals surface area contributed by atoms with Gasteiger partial charge in [0.25, 0.3) is 0 Å². The second kappa shape index (κ2) is 22.5. The van der Waals surface area contributed by atoms with Crippen molar-refractivity contribution in [1.82, 2.24) is 0 Å². The van der Waals surface area contributed by atoms with Gasteiger partial charge in [0.15, 0.2) is 0 Å². The molecule has 2 rings (SSSR count). The highest BCUT2D eigenvalue weighted by Gasteiger charge is 2.30. The summed E-state index contributed by atoms with van der Waals surface area (Å²) >= 11 is 0. The molecule has 2 aliphatic rings. The molecule has 0 aromatic heterocycles. The van der Waals surface area contributed by atoms with E-state index in [4.69, 9.17) is 9.47 Å². The Morgan fingerprint density at radius 1 is 0.738 bits per heavy atom. The summed E-state index contributed by atoms with van der Waals surface area (Å²) in [4.78, 5) is 11.6. The zero-order valence-corrected chi connectivity index (χ0v) is 26.9. The molecule has 0 saturated carbocycles. The van der Waals surface area contributed by atoms with Crippen LogP contribution in [0.5, 0.6) is 0 Å². The van der Waals surface area contributed by atoms with Crippen molar-refractivity contribution in [3.8, 4) is 0 Å². The van der Waals surface area contributed by atoms with Crippen LogP contribution in [0.3, 0.4) is 0 Å². The topological polar surface area (TPSA) is 116 Å². The first-order valence-corrected chi connectivity index (χ1v) is 17.6. The van der Waals surface area contributed by atoms with E-state index in [1.165, 1.54) is 38.5 Å². The maximum atomic E-state index is 11.6. The lowest BCUT2D eigenvalue weighted by Crippen LogP contribution is -2.26. The largest absolute Gasteiger partial charge is 0.455 e. The Balaban J connectivity index is 1.36. The summed E-state index contributed by atoms with van der Waals surface area (Å²) in [6.45, 7) is 3.98. The Labute approximate surface area is 256 Å². The third-order valence-corrected chi connectivity index (χ3v) is 9.13. The number of aliphatic hydroxyl groups excluding tert-OH is 4. The lowest BCUT2D eigenvalue weighted by molar-refractivity contribution is -0.139. The lowest BCUT2D eigenvalue weighted by Gasteiger charge is -2.20. The fraction of sp³-hybridized carbons (Fsp3) is 0.914. The number of carbonyl (C=O) groups excluding carboxylic acids is 1. The number of rotatable bonds is 26. The van der Waals surface area contributed by atoms with Gasteiger partial charge in [0.2, 0.25) is 0 Å². The average Bonchev–Trinajstić information content (AvgIpc) is 3.56. The molecule has 0 spiro atoms. The third kappa shape index (κ3) is 16.2. The molecular formula is C35H64O7. The average molecular weight is 597 g/mol. The molecule has 0 aliphatic carbocycles. The quantitative estimate of drug-likeness (QED) is 0.0624. The van der Waals surface area contributed by atoms with Crippen molar-refractivity contribution in [2.45, 2.75) is 204 Å². The highest BCUT2D eigenvalue weighted by atomic mass is 16.5. The molecule has 0 aromatic rings. The molecule has 0 bridgehead atoms. The van der Waals surface area contributed by atoms with Crippen molar-refractivity contribution in [3.05, 3.63) is 11.6 Å². The number of hydrogen-bond acceptors (Lipinski definition) is 7. The van der Waals surface area contributed by atoms with Gasteiger partial charge >= 0.3 is 5.97 Å². The van der Waals surface area contributed by atoms with Crippen LogP contribution >= 0.6 is 0 Å². The van der Waals surface area contributed by atoms with Crippen molar-refractivity contribution in [3.63, 3.8) is 0 Å². The van der Waals surface area contributed by atoms with Crippen LogP contribution < -0.4 is 0 Å². The maximum Gasteiger partial charge on any atom is 0.334 e. The molecular weight excluding hydrogens is 532 g/mol. The van der Waals surface area contributed by atoms with Crippen molar-refractivity contribution < 1.29 is 34.7 Å². The number of unbranched alkanes of at least 4 members (excludes halogenated alkanes) is 12. The van der Waals surface area contributed by atoms with E-state index in [1.54, 1.807) is 0 Å². The number of aliphatic hydroxyl groups is 4. The first-order valence-electron chi connectivity index (χ1n) is 17.6. The Hall–Kier alpha value is -0.990. The molecule has 7 heteroatoms. The minimum atomic E-state index is -0.604. The van der Waals surface area contributed by atoms with E-state index in [0.717, 1.165) is 89.9 Å². The molecule has 0 radical (unpaired) electrons. The second-order valence-electron chi connectivity index (χ2n) is 13.1. The van der Waals surface area contributed by atoms with E-state index in [1.807, 2.05) is 13.0 Å². The van der Waals surface area contributed by atoms with Crippen molar-refractivity contribution >= 4 is 5.97 Å². The summed E-state index contributed by atoms with van der Waals surface area (Å²) in [6.07, 6.45) is 23.0. The van der Waals surface area contributed by atoms with Gasteiger partial charge in [-0.2, -0.15) is 0 Å². The zero-order chi connectivity index (χ0) is 30.6. The Morgan fingerprint density at radius 3 is 1.88 bits per heavy atom. The minimum absolute atomic E-state index is 0.0131. The van der Waals surface area contributed by atoms with Gasteiger partial charge in [0, 0.05) is 12.0 Å². The van der Waals surface area contributed by atoms with E-state index in [9.17, 15) is 25.2 Å². The van der Waals surface area contributed by atoms with Gasteiger partial charge in [0.05, 0.1) is 36.6 Å². The second-order valence-corrected chi connectivity index (χ2v) is 13.1. The molecule has 1 fully saturated rings. The summed E-state index contributed by atoms with van der Waals surface area (Å²) in [5, 5.41) is 40.9. The highest BCUT2D eigenvalue weighted by molar-refractivity contribution is 5.90. The van der Waals surface area contributed by atoms with Crippen LogP contribution in [0.1, 0.15) is 162 Å². The summed E-state index contributed by atoms with van der Waals surface area (Å²) in [5.74, 6) is -0.277. The molecule has 42 heavy (non-hydrogen) atoms. The number of cyclic esters (lactones) is 1. The summed E-state index contributed by atoms with van der Waals surface area (Å²) in [7, 11) is 0. The first kappa shape index (κ1) is 37.2. The van der Waals surface area contributed by atoms with Crippen molar-refractivity contribution in [2.24, 2.45) is 0 Å². The Morgan fingerprint density at radius 2 is 1.29 bits per heavy atom. The number of carbonyl (C=O) groups is 1. The predicted molar refractivity (Wildman–Crippen MR) is 168 cm³/mol. The molecule has 1 saturated heterocycles. The van der Waals surface area contributed by atoms with Crippen LogP contribution in [-0.4, -0.2) is 69.1 Å². The Bertz CT molecular complexity index is 726. The Kier molecular flexibility index (Phi) is 19.9. The maximum absolute atomic E-state index is 11.6. The minimum Gasteiger partial charge on any atom is -0.455 e. The van der Waals surface area contributed by atoms with E-state index >= 15 is 0 Å². The summed E-state index contributed by atoms with van der Waals surface area (Å²) in [5.41, 5.74) is 0.621. The van der Waals surface area contributed by atoms with Crippen LogP contribution in [0.25, 0.3) is 0 Å². The van der Waals surface area contributed by atoms with Gasteiger partial charge in [-0.05, 0) is 57.9 Å².